The zero-order chi connectivity index (χ0) is 37.1. The summed E-state index contributed by atoms with van der Waals surface area (Å²) in [6.45, 7) is 0. The molecule has 0 amide bonds. The summed E-state index contributed by atoms with van der Waals surface area (Å²) in [6, 6.07) is 65.0. The lowest BCUT2D eigenvalue weighted by Crippen LogP contribution is -2.32. The van der Waals surface area contributed by atoms with E-state index >= 15 is 0 Å². The van der Waals surface area contributed by atoms with E-state index in [1.807, 2.05) is 84.8 Å². The monoisotopic (exact) mass is 732 g/mol. The van der Waals surface area contributed by atoms with Crippen LogP contribution in [0.1, 0.15) is 22.3 Å². The molecule has 5 heteroatoms. The topological polar surface area (TPSA) is 51.6 Å². The molecule has 7 aromatic carbocycles. The number of fused-ring (bicyclic) bond motifs is 9. The number of nitrogens with zero attached hydrogens (tertiary/aromatic N) is 4. The molecule has 1 aliphatic carbocycles. The molecule has 0 unspecified atom stereocenters. The smallest absolute Gasteiger partial charge is 0.164 e. The highest BCUT2D eigenvalue weighted by atomic mass is 32.2. The van der Waals surface area contributed by atoms with E-state index in [0.29, 0.717) is 17.5 Å². The van der Waals surface area contributed by atoms with E-state index < -0.39 is 5.41 Å². The summed E-state index contributed by atoms with van der Waals surface area (Å²) < 4.78 is 0. The van der Waals surface area contributed by atoms with Crippen LogP contribution in [0.25, 0.3) is 67.5 Å². The molecule has 0 N–H and O–H groups in total. The van der Waals surface area contributed by atoms with E-state index in [4.69, 9.17) is 15.0 Å². The predicted molar refractivity (Wildman–Crippen MR) is 226 cm³/mol. The molecule has 262 valence electrons. The average Bonchev–Trinajstić information content (AvgIpc) is 3.56. The first-order valence-electron chi connectivity index (χ1n) is 18.8. The molecule has 0 saturated heterocycles. The number of rotatable bonds is 5. The van der Waals surface area contributed by atoms with E-state index in [-0.39, 0.29) is 0 Å². The van der Waals surface area contributed by atoms with E-state index in [1.165, 1.54) is 48.7 Å². The Kier molecular flexibility index (Phi) is 7.61. The lowest BCUT2D eigenvalue weighted by atomic mass is 9.67. The summed E-state index contributed by atoms with van der Waals surface area (Å²) >= 11 is 1.87. The molecule has 0 fully saturated rings. The van der Waals surface area contributed by atoms with Crippen LogP contribution < -0.4 is 0 Å². The second-order valence-corrected chi connectivity index (χ2v) is 15.3. The van der Waals surface area contributed by atoms with Gasteiger partial charge in [-0.2, -0.15) is 0 Å². The summed E-state index contributed by atoms with van der Waals surface area (Å²) in [6.07, 6.45) is 3.75. The molecule has 1 aliphatic heterocycles. The minimum Gasteiger partial charge on any atom is -0.265 e. The molecule has 0 bridgehead atoms. The van der Waals surface area contributed by atoms with Crippen LogP contribution in [0, 0.1) is 0 Å². The highest BCUT2D eigenvalue weighted by molar-refractivity contribution is 7.99. The van der Waals surface area contributed by atoms with E-state index in [1.54, 1.807) is 0 Å². The minimum atomic E-state index is -0.491. The highest BCUT2D eigenvalue weighted by Crippen LogP contribution is 2.62. The standard InChI is InChI=1S/C51H32N4S/c1-3-11-35(12-4-1)48-53-49(36-13-5-2-6-14-36)55-50(54-48)37-21-19-33(20-22-37)38-23-25-40-41-26-24-39(34-27-29-52-30-28-34)32-45(41)51(44(40)31-38)42-15-7-9-17-46(42)56-47-18-10-8-16-43(47)51/h1-32H. The Balaban J connectivity index is 1.07. The van der Waals surface area contributed by atoms with E-state index in [0.717, 1.165) is 33.4 Å². The van der Waals surface area contributed by atoms with Crippen molar-refractivity contribution >= 4 is 11.8 Å². The van der Waals surface area contributed by atoms with Gasteiger partial charge in [0.05, 0.1) is 5.41 Å². The molecule has 3 heterocycles. The van der Waals surface area contributed by atoms with Gasteiger partial charge in [-0.25, -0.2) is 15.0 Å². The first kappa shape index (κ1) is 32.5. The maximum atomic E-state index is 4.97. The van der Waals surface area contributed by atoms with Gasteiger partial charge in [-0.3, -0.25) is 4.98 Å². The summed E-state index contributed by atoms with van der Waals surface area (Å²) in [7, 11) is 0. The van der Waals surface area contributed by atoms with Crippen molar-refractivity contribution in [1.82, 2.24) is 19.9 Å². The van der Waals surface area contributed by atoms with Crippen molar-refractivity contribution < 1.29 is 0 Å². The Morgan fingerprint density at radius 3 is 1.21 bits per heavy atom. The molecule has 9 aromatic rings. The maximum Gasteiger partial charge on any atom is 0.164 e. The summed E-state index contributed by atoms with van der Waals surface area (Å²) in [4.78, 5) is 21.7. The van der Waals surface area contributed by atoms with Crippen LogP contribution in [-0.4, -0.2) is 19.9 Å². The number of benzene rings is 7. The lowest BCUT2D eigenvalue weighted by Gasteiger charge is -2.40. The van der Waals surface area contributed by atoms with Gasteiger partial charge >= 0.3 is 0 Å². The second-order valence-electron chi connectivity index (χ2n) is 14.2. The zero-order valence-electron chi connectivity index (χ0n) is 30.2. The van der Waals surface area contributed by atoms with Crippen molar-refractivity contribution in [3.8, 4) is 67.5 Å². The Morgan fingerprint density at radius 2 is 0.714 bits per heavy atom. The molecule has 4 nitrogen and oxygen atoms in total. The minimum absolute atomic E-state index is 0.491. The third-order valence-corrected chi connectivity index (χ3v) is 12.3. The number of hydrogen-bond acceptors (Lipinski definition) is 5. The van der Waals surface area contributed by atoms with E-state index in [9.17, 15) is 0 Å². The van der Waals surface area contributed by atoms with Gasteiger partial charge in [-0.1, -0.05) is 157 Å². The fraction of sp³-hybridized carbons (Fsp3) is 0.0196. The fourth-order valence-electron chi connectivity index (χ4n) is 8.55. The number of hydrogen-bond donors (Lipinski definition) is 0. The quantitative estimate of drug-likeness (QED) is 0.176. The first-order chi connectivity index (χ1) is 27.7. The van der Waals surface area contributed by atoms with Crippen molar-refractivity contribution in [2.75, 3.05) is 0 Å². The second kappa shape index (κ2) is 13.1. The molecule has 1 spiro atoms. The Hall–Kier alpha value is -6.95. The van der Waals surface area contributed by atoms with Crippen LogP contribution in [0.2, 0.25) is 0 Å². The summed E-state index contributed by atoms with van der Waals surface area (Å²) in [5.74, 6) is 1.95. The van der Waals surface area contributed by atoms with Gasteiger partial charge in [-0.15, -0.1) is 0 Å². The van der Waals surface area contributed by atoms with Gasteiger partial charge in [0.25, 0.3) is 0 Å². The molecule has 0 atom stereocenters. The van der Waals surface area contributed by atoms with Crippen LogP contribution in [0.4, 0.5) is 0 Å². The lowest BCUT2D eigenvalue weighted by molar-refractivity contribution is 0.723. The molecule has 2 aliphatic rings. The predicted octanol–water partition coefficient (Wildman–Crippen LogP) is 12.4. The van der Waals surface area contributed by atoms with Gasteiger partial charge in [0.15, 0.2) is 17.5 Å². The third-order valence-electron chi connectivity index (χ3n) is 11.1. The van der Waals surface area contributed by atoms with Crippen molar-refractivity contribution in [2.45, 2.75) is 15.2 Å². The largest absolute Gasteiger partial charge is 0.265 e. The van der Waals surface area contributed by atoms with Crippen molar-refractivity contribution in [3.63, 3.8) is 0 Å². The van der Waals surface area contributed by atoms with Gasteiger partial charge in [-0.05, 0) is 92.0 Å². The molecular formula is C51H32N4S. The fourth-order valence-corrected chi connectivity index (χ4v) is 9.74. The zero-order valence-corrected chi connectivity index (χ0v) is 31.0. The molecule has 11 rings (SSSR count). The summed E-state index contributed by atoms with van der Waals surface area (Å²) in [5, 5.41) is 0. The van der Waals surface area contributed by atoms with Crippen LogP contribution in [-0.2, 0) is 5.41 Å². The summed E-state index contributed by atoms with van der Waals surface area (Å²) in [5.41, 5.74) is 14.8. The van der Waals surface area contributed by atoms with Crippen LogP contribution in [0.3, 0.4) is 0 Å². The van der Waals surface area contributed by atoms with Gasteiger partial charge in [0.1, 0.15) is 0 Å². The van der Waals surface area contributed by atoms with Gasteiger partial charge < -0.3 is 0 Å². The van der Waals surface area contributed by atoms with E-state index in [2.05, 4.69) is 126 Å². The van der Waals surface area contributed by atoms with Gasteiger partial charge in [0, 0.05) is 38.9 Å². The van der Waals surface area contributed by atoms with Crippen molar-refractivity contribution in [3.05, 3.63) is 217 Å². The number of pyridine rings is 1. The Labute approximate surface area is 329 Å². The van der Waals surface area contributed by atoms with Gasteiger partial charge in [0.2, 0.25) is 0 Å². The van der Waals surface area contributed by atoms with Crippen molar-refractivity contribution in [1.29, 1.82) is 0 Å². The Bertz CT molecular complexity index is 2830. The molecule has 0 saturated carbocycles. The van der Waals surface area contributed by atoms with Crippen LogP contribution in [0.5, 0.6) is 0 Å². The molecule has 56 heavy (non-hydrogen) atoms. The molecule has 0 radical (unpaired) electrons. The van der Waals surface area contributed by atoms with Crippen molar-refractivity contribution in [2.24, 2.45) is 0 Å². The highest BCUT2D eigenvalue weighted by Gasteiger charge is 2.50. The normalized spacial score (nSPS) is 13.1. The van der Waals surface area contributed by atoms with Crippen LogP contribution in [0.15, 0.2) is 204 Å². The molecule has 2 aromatic heterocycles. The molecular weight excluding hydrogens is 701 g/mol. The SMILES string of the molecule is c1ccc(-c2nc(-c3ccccc3)nc(-c3ccc(-c4ccc5c(c4)C4(c6ccccc6Sc6ccccc64)c4cc(-c6ccncc6)ccc4-5)cc3)n2)cc1. The average molecular weight is 733 g/mol. The third kappa shape index (κ3) is 5.16. The first-order valence-corrected chi connectivity index (χ1v) is 19.6. The Morgan fingerprint density at radius 1 is 0.321 bits per heavy atom. The maximum absolute atomic E-state index is 4.97. The number of aromatic nitrogens is 4. The van der Waals surface area contributed by atoms with Crippen LogP contribution >= 0.6 is 11.8 Å².